The predicted octanol–water partition coefficient (Wildman–Crippen LogP) is 0.939. The number of rotatable bonds is 3. The number of nitrogens with two attached hydrogens (primary N) is 1. The van der Waals surface area contributed by atoms with Gasteiger partial charge >= 0.3 is 0 Å². The van der Waals surface area contributed by atoms with Crippen LogP contribution in [0.2, 0.25) is 0 Å². The first kappa shape index (κ1) is 11.7. The number of nitrogens with zero attached hydrogens (tertiary/aromatic N) is 2. The summed E-state index contributed by atoms with van der Waals surface area (Å²) in [6.07, 6.45) is -0.492. The van der Waals surface area contributed by atoms with E-state index in [4.69, 9.17) is 5.73 Å². The van der Waals surface area contributed by atoms with Crippen molar-refractivity contribution in [2.24, 2.45) is 0 Å². The molecule has 0 aliphatic carbocycles. The van der Waals surface area contributed by atoms with Crippen LogP contribution in [0.4, 0.5) is 11.8 Å². The van der Waals surface area contributed by atoms with Crippen molar-refractivity contribution in [2.75, 3.05) is 11.1 Å². The lowest BCUT2D eigenvalue weighted by atomic mass is 9.99. The van der Waals surface area contributed by atoms with Gasteiger partial charge in [0.25, 0.3) is 0 Å². The van der Waals surface area contributed by atoms with Crippen molar-refractivity contribution in [1.82, 2.24) is 9.97 Å². The van der Waals surface area contributed by atoms with Crippen LogP contribution in [-0.4, -0.2) is 26.7 Å². The van der Waals surface area contributed by atoms with Crippen LogP contribution in [0.1, 0.15) is 26.5 Å². The standard InChI is InChI=1S/C10H18N4O/c1-6-5-8(13-9(11)12-6)14-10(3,4)7(2)15/h5,7,15H,1-4H3,(H3,11,12,13,14). The van der Waals surface area contributed by atoms with Crippen LogP contribution >= 0.6 is 0 Å². The van der Waals surface area contributed by atoms with E-state index in [0.717, 1.165) is 5.69 Å². The maximum absolute atomic E-state index is 9.54. The smallest absolute Gasteiger partial charge is 0.222 e. The number of nitrogen functional groups attached to an aromatic ring is 1. The maximum atomic E-state index is 9.54. The lowest BCUT2D eigenvalue weighted by molar-refractivity contribution is 0.133. The van der Waals surface area contributed by atoms with Crippen LogP contribution in [0.5, 0.6) is 0 Å². The zero-order valence-corrected chi connectivity index (χ0v) is 9.57. The van der Waals surface area contributed by atoms with Crippen LogP contribution < -0.4 is 11.1 Å². The van der Waals surface area contributed by atoms with Gasteiger partial charge in [0.2, 0.25) is 5.95 Å². The Morgan fingerprint density at radius 2 is 2.07 bits per heavy atom. The highest BCUT2D eigenvalue weighted by molar-refractivity contribution is 5.42. The molecule has 0 aliphatic heterocycles. The van der Waals surface area contributed by atoms with E-state index in [0.29, 0.717) is 5.82 Å². The molecule has 1 rings (SSSR count). The molecule has 5 nitrogen and oxygen atoms in total. The van der Waals surface area contributed by atoms with Crippen LogP contribution in [-0.2, 0) is 0 Å². The minimum atomic E-state index is -0.492. The summed E-state index contributed by atoms with van der Waals surface area (Å²) in [4.78, 5) is 8.02. The molecular formula is C10H18N4O. The second-order valence-corrected chi connectivity index (χ2v) is 4.28. The van der Waals surface area contributed by atoms with Crippen molar-refractivity contribution < 1.29 is 5.11 Å². The lowest BCUT2D eigenvalue weighted by Gasteiger charge is -2.29. The third-order valence-corrected chi connectivity index (χ3v) is 2.37. The van der Waals surface area contributed by atoms with Gasteiger partial charge in [-0.25, -0.2) is 4.98 Å². The minimum Gasteiger partial charge on any atom is -0.391 e. The Balaban J connectivity index is 2.89. The quantitative estimate of drug-likeness (QED) is 0.691. The Bertz CT molecular complexity index is 329. The zero-order chi connectivity index (χ0) is 11.6. The molecule has 1 unspecified atom stereocenters. The van der Waals surface area contributed by atoms with E-state index in [2.05, 4.69) is 15.3 Å². The summed E-state index contributed by atoms with van der Waals surface area (Å²) in [6.45, 7) is 7.36. The van der Waals surface area contributed by atoms with Gasteiger partial charge in [0.15, 0.2) is 0 Å². The second-order valence-electron chi connectivity index (χ2n) is 4.28. The Hall–Kier alpha value is -1.36. The molecule has 1 aromatic rings. The molecule has 0 aromatic carbocycles. The molecule has 0 spiro atoms. The van der Waals surface area contributed by atoms with Crippen molar-refractivity contribution in [2.45, 2.75) is 39.3 Å². The fourth-order valence-electron chi connectivity index (χ4n) is 1.09. The highest BCUT2D eigenvalue weighted by Gasteiger charge is 2.24. The predicted molar refractivity (Wildman–Crippen MR) is 60.6 cm³/mol. The maximum Gasteiger partial charge on any atom is 0.222 e. The van der Waals surface area contributed by atoms with Gasteiger partial charge in [-0.2, -0.15) is 4.98 Å². The van der Waals surface area contributed by atoms with E-state index in [1.165, 1.54) is 0 Å². The van der Waals surface area contributed by atoms with Crippen LogP contribution in [0.15, 0.2) is 6.07 Å². The first-order valence-electron chi connectivity index (χ1n) is 4.88. The summed E-state index contributed by atoms with van der Waals surface area (Å²) in [5, 5.41) is 12.7. The first-order valence-corrected chi connectivity index (χ1v) is 4.88. The van der Waals surface area contributed by atoms with Gasteiger partial charge in [-0.05, 0) is 27.7 Å². The molecule has 0 aliphatic rings. The minimum absolute atomic E-state index is 0.235. The number of aliphatic hydroxyl groups excluding tert-OH is 1. The molecule has 0 fully saturated rings. The van der Waals surface area contributed by atoms with Gasteiger partial charge in [0.05, 0.1) is 11.6 Å². The highest BCUT2D eigenvalue weighted by Crippen LogP contribution is 2.17. The third kappa shape index (κ3) is 3.06. The Morgan fingerprint density at radius 3 is 2.53 bits per heavy atom. The van der Waals surface area contributed by atoms with Crippen molar-refractivity contribution in [3.63, 3.8) is 0 Å². The van der Waals surface area contributed by atoms with Crippen LogP contribution in [0, 0.1) is 6.92 Å². The van der Waals surface area contributed by atoms with E-state index < -0.39 is 11.6 Å². The molecule has 1 atom stereocenters. The van der Waals surface area contributed by atoms with Crippen molar-refractivity contribution >= 4 is 11.8 Å². The fraction of sp³-hybridized carbons (Fsp3) is 0.600. The molecule has 0 bridgehead atoms. The Morgan fingerprint density at radius 1 is 1.47 bits per heavy atom. The number of anilines is 2. The Labute approximate surface area is 89.7 Å². The van der Waals surface area contributed by atoms with Gasteiger partial charge < -0.3 is 16.2 Å². The fourth-order valence-corrected chi connectivity index (χ4v) is 1.09. The van der Waals surface area contributed by atoms with Crippen molar-refractivity contribution in [3.05, 3.63) is 11.8 Å². The van der Waals surface area contributed by atoms with Crippen LogP contribution in [0.25, 0.3) is 0 Å². The number of aliphatic hydroxyl groups is 1. The summed E-state index contributed by atoms with van der Waals surface area (Å²) in [6, 6.07) is 1.79. The third-order valence-electron chi connectivity index (χ3n) is 2.37. The summed E-state index contributed by atoms with van der Waals surface area (Å²) in [5.41, 5.74) is 5.88. The normalized spacial score (nSPS) is 13.7. The number of nitrogens with one attached hydrogen (secondary N) is 1. The monoisotopic (exact) mass is 210 g/mol. The topological polar surface area (TPSA) is 84.1 Å². The molecular weight excluding hydrogens is 192 g/mol. The molecule has 84 valence electrons. The van der Waals surface area contributed by atoms with E-state index in [9.17, 15) is 5.11 Å². The van der Waals surface area contributed by atoms with E-state index in [1.807, 2.05) is 20.8 Å². The molecule has 0 saturated carbocycles. The van der Waals surface area contributed by atoms with Gasteiger partial charge in [-0.15, -0.1) is 0 Å². The van der Waals surface area contributed by atoms with Crippen LogP contribution in [0.3, 0.4) is 0 Å². The average Bonchev–Trinajstić information content (AvgIpc) is 1.99. The second kappa shape index (κ2) is 4.02. The number of hydrogen-bond acceptors (Lipinski definition) is 5. The van der Waals surface area contributed by atoms with Gasteiger partial charge in [0, 0.05) is 11.8 Å². The van der Waals surface area contributed by atoms with Gasteiger partial charge in [-0.1, -0.05) is 0 Å². The SMILES string of the molecule is Cc1cc(NC(C)(C)C(C)O)nc(N)n1. The molecule has 0 radical (unpaired) electrons. The molecule has 4 N–H and O–H groups in total. The molecule has 1 aromatic heterocycles. The van der Waals surface area contributed by atoms with Gasteiger partial charge in [-0.3, -0.25) is 0 Å². The van der Waals surface area contributed by atoms with E-state index in [-0.39, 0.29) is 5.95 Å². The summed E-state index contributed by atoms with van der Waals surface area (Å²) in [7, 11) is 0. The van der Waals surface area contributed by atoms with Crippen molar-refractivity contribution in [3.8, 4) is 0 Å². The van der Waals surface area contributed by atoms with Gasteiger partial charge in [0.1, 0.15) is 5.82 Å². The summed E-state index contributed by atoms with van der Waals surface area (Å²) < 4.78 is 0. The molecule has 1 heterocycles. The zero-order valence-electron chi connectivity index (χ0n) is 9.57. The number of aromatic nitrogens is 2. The molecule has 5 heteroatoms. The highest BCUT2D eigenvalue weighted by atomic mass is 16.3. The number of aryl methyl sites for hydroxylation is 1. The van der Waals surface area contributed by atoms with Crippen molar-refractivity contribution in [1.29, 1.82) is 0 Å². The summed E-state index contributed by atoms with van der Waals surface area (Å²) >= 11 is 0. The van der Waals surface area contributed by atoms with E-state index >= 15 is 0 Å². The average molecular weight is 210 g/mol. The summed E-state index contributed by atoms with van der Waals surface area (Å²) in [5.74, 6) is 0.866. The molecule has 0 saturated heterocycles. The number of hydrogen-bond donors (Lipinski definition) is 3. The molecule has 0 amide bonds. The Kier molecular flexibility index (Phi) is 3.14. The molecule has 15 heavy (non-hydrogen) atoms. The largest absolute Gasteiger partial charge is 0.391 e. The van der Waals surface area contributed by atoms with E-state index in [1.54, 1.807) is 13.0 Å². The lowest BCUT2D eigenvalue weighted by Crippen LogP contribution is -2.42. The first-order chi connectivity index (χ1) is 6.81.